The van der Waals surface area contributed by atoms with Gasteiger partial charge in [0, 0.05) is 17.5 Å². The number of fused-ring (bicyclic) bond motifs is 1. The Morgan fingerprint density at radius 1 is 1.00 bits per heavy atom. The molecule has 0 aliphatic heterocycles. The summed E-state index contributed by atoms with van der Waals surface area (Å²) < 4.78 is 5.83. The van der Waals surface area contributed by atoms with E-state index in [0.717, 1.165) is 29.4 Å². The molecule has 0 bridgehead atoms. The molecular formula is C24H26N2O3. The van der Waals surface area contributed by atoms with E-state index >= 15 is 0 Å². The first-order valence-electron chi connectivity index (χ1n) is 10.2. The van der Waals surface area contributed by atoms with Crippen LogP contribution in [0.4, 0.5) is 11.4 Å². The quantitative estimate of drug-likeness (QED) is 0.576. The Balaban J connectivity index is 1.60. The smallest absolute Gasteiger partial charge is 0.293 e. The van der Waals surface area contributed by atoms with E-state index in [0.29, 0.717) is 29.3 Å². The maximum Gasteiger partial charge on any atom is 0.293 e. The molecule has 0 spiro atoms. The predicted octanol–water partition coefficient (Wildman–Crippen LogP) is 5.82. The fourth-order valence-electron chi connectivity index (χ4n) is 4.00. The molecule has 1 aromatic heterocycles. The van der Waals surface area contributed by atoms with Gasteiger partial charge in [0.2, 0.25) is 11.7 Å². The number of furan rings is 1. The van der Waals surface area contributed by atoms with E-state index in [9.17, 15) is 9.59 Å². The molecule has 0 radical (unpaired) electrons. The van der Waals surface area contributed by atoms with Crippen molar-refractivity contribution in [2.24, 2.45) is 5.92 Å². The van der Waals surface area contributed by atoms with Crippen molar-refractivity contribution in [2.45, 2.75) is 46.0 Å². The van der Waals surface area contributed by atoms with E-state index in [1.807, 2.05) is 50.2 Å². The molecule has 0 saturated heterocycles. The lowest BCUT2D eigenvalue weighted by molar-refractivity contribution is -0.117. The van der Waals surface area contributed by atoms with Crippen LogP contribution in [-0.2, 0) is 4.79 Å². The Morgan fingerprint density at radius 3 is 2.52 bits per heavy atom. The number of carbonyl (C=O) groups is 2. The van der Waals surface area contributed by atoms with Crippen LogP contribution in [0, 0.1) is 19.8 Å². The zero-order valence-corrected chi connectivity index (χ0v) is 16.9. The number of benzene rings is 2. The van der Waals surface area contributed by atoms with Gasteiger partial charge < -0.3 is 15.1 Å². The second-order valence-corrected chi connectivity index (χ2v) is 7.96. The molecule has 0 atom stereocenters. The van der Waals surface area contributed by atoms with Crippen LogP contribution in [0.15, 0.2) is 46.9 Å². The van der Waals surface area contributed by atoms with Crippen LogP contribution >= 0.6 is 0 Å². The van der Waals surface area contributed by atoms with Crippen molar-refractivity contribution in [1.82, 2.24) is 0 Å². The van der Waals surface area contributed by atoms with Crippen molar-refractivity contribution in [3.63, 3.8) is 0 Å². The predicted molar refractivity (Wildman–Crippen MR) is 115 cm³/mol. The van der Waals surface area contributed by atoms with E-state index in [1.54, 1.807) is 6.07 Å². The lowest BCUT2D eigenvalue weighted by Gasteiger charge is -2.11. The van der Waals surface area contributed by atoms with Gasteiger partial charge >= 0.3 is 0 Å². The molecule has 1 fully saturated rings. The molecule has 1 aliphatic rings. The summed E-state index contributed by atoms with van der Waals surface area (Å²) >= 11 is 0. The third kappa shape index (κ3) is 4.19. The highest BCUT2D eigenvalue weighted by Gasteiger charge is 2.24. The summed E-state index contributed by atoms with van der Waals surface area (Å²) in [4.78, 5) is 25.6. The molecule has 2 aromatic carbocycles. The minimum Gasteiger partial charge on any atom is -0.449 e. The van der Waals surface area contributed by atoms with Gasteiger partial charge in [-0.2, -0.15) is 0 Å². The van der Waals surface area contributed by atoms with Crippen molar-refractivity contribution in [3.8, 4) is 0 Å². The standard InChI is InChI=1S/C24H26N2O3/c1-15-11-12-18(13-16(15)2)25-24(28)23-22(19-9-5-6-10-20(19)29-23)26-21(27)14-17-7-3-4-8-17/h5-6,9-13,17H,3-4,7-8,14H2,1-2H3,(H,25,28)(H,26,27). The summed E-state index contributed by atoms with van der Waals surface area (Å²) in [6, 6.07) is 13.1. The fraction of sp³-hybridized carbons (Fsp3) is 0.333. The Morgan fingerprint density at radius 2 is 1.76 bits per heavy atom. The summed E-state index contributed by atoms with van der Waals surface area (Å²) in [5, 5.41) is 6.58. The van der Waals surface area contributed by atoms with Crippen molar-refractivity contribution in [2.75, 3.05) is 10.6 Å². The van der Waals surface area contributed by atoms with E-state index in [2.05, 4.69) is 10.6 Å². The van der Waals surface area contributed by atoms with Crippen LogP contribution in [0.25, 0.3) is 11.0 Å². The van der Waals surface area contributed by atoms with E-state index < -0.39 is 0 Å². The first-order chi connectivity index (χ1) is 14.0. The van der Waals surface area contributed by atoms with Gasteiger partial charge in [0.25, 0.3) is 5.91 Å². The summed E-state index contributed by atoms with van der Waals surface area (Å²) in [5.74, 6) is 0.120. The maximum absolute atomic E-state index is 13.0. The Kier molecular flexibility index (Phi) is 5.38. The van der Waals surface area contributed by atoms with Gasteiger partial charge in [-0.05, 0) is 68.0 Å². The van der Waals surface area contributed by atoms with Gasteiger partial charge in [-0.25, -0.2) is 0 Å². The highest BCUT2D eigenvalue weighted by molar-refractivity contribution is 6.14. The van der Waals surface area contributed by atoms with Crippen LogP contribution in [0.3, 0.4) is 0 Å². The molecule has 2 N–H and O–H groups in total. The number of hydrogen-bond acceptors (Lipinski definition) is 3. The molecule has 2 amide bonds. The average molecular weight is 390 g/mol. The summed E-state index contributed by atoms with van der Waals surface area (Å²) in [7, 11) is 0. The van der Waals surface area contributed by atoms with Gasteiger partial charge in [0.05, 0.1) is 0 Å². The topological polar surface area (TPSA) is 71.3 Å². The molecule has 150 valence electrons. The van der Waals surface area contributed by atoms with E-state index in [4.69, 9.17) is 4.42 Å². The van der Waals surface area contributed by atoms with Gasteiger partial charge in [-0.1, -0.05) is 31.0 Å². The number of para-hydroxylation sites is 1. The van der Waals surface area contributed by atoms with Crippen LogP contribution in [-0.4, -0.2) is 11.8 Å². The van der Waals surface area contributed by atoms with Gasteiger partial charge in [-0.15, -0.1) is 0 Å². The zero-order valence-electron chi connectivity index (χ0n) is 16.9. The molecule has 5 nitrogen and oxygen atoms in total. The maximum atomic E-state index is 13.0. The van der Waals surface area contributed by atoms with Crippen molar-refractivity contribution in [1.29, 1.82) is 0 Å². The summed E-state index contributed by atoms with van der Waals surface area (Å²) in [5.41, 5.74) is 3.98. The average Bonchev–Trinajstić information content (AvgIpc) is 3.33. The van der Waals surface area contributed by atoms with Crippen LogP contribution < -0.4 is 10.6 Å². The largest absolute Gasteiger partial charge is 0.449 e. The number of hydrogen-bond donors (Lipinski definition) is 2. The van der Waals surface area contributed by atoms with Crippen molar-refractivity contribution >= 4 is 34.2 Å². The molecule has 1 heterocycles. The highest BCUT2D eigenvalue weighted by atomic mass is 16.3. The lowest BCUT2D eigenvalue weighted by Crippen LogP contribution is -2.18. The summed E-state index contributed by atoms with van der Waals surface area (Å²) in [6.45, 7) is 4.03. The molecule has 29 heavy (non-hydrogen) atoms. The van der Waals surface area contributed by atoms with Crippen molar-refractivity contribution in [3.05, 3.63) is 59.4 Å². The number of rotatable bonds is 5. The first-order valence-corrected chi connectivity index (χ1v) is 10.2. The SMILES string of the molecule is Cc1ccc(NC(=O)c2oc3ccccc3c2NC(=O)CC2CCCC2)cc1C. The van der Waals surface area contributed by atoms with E-state index in [1.165, 1.54) is 12.8 Å². The van der Waals surface area contributed by atoms with Gasteiger partial charge in [0.15, 0.2) is 0 Å². The molecular weight excluding hydrogens is 364 g/mol. The monoisotopic (exact) mass is 390 g/mol. The third-order valence-corrected chi connectivity index (χ3v) is 5.78. The first kappa shape index (κ1) is 19.2. The summed E-state index contributed by atoms with van der Waals surface area (Å²) in [6.07, 6.45) is 5.06. The molecule has 1 saturated carbocycles. The fourth-order valence-corrected chi connectivity index (χ4v) is 4.00. The number of amides is 2. The Hall–Kier alpha value is -3.08. The molecule has 5 heteroatoms. The number of anilines is 2. The van der Waals surface area contributed by atoms with Crippen LogP contribution in [0.5, 0.6) is 0 Å². The third-order valence-electron chi connectivity index (χ3n) is 5.78. The highest BCUT2D eigenvalue weighted by Crippen LogP contribution is 2.33. The van der Waals surface area contributed by atoms with Crippen LogP contribution in [0.1, 0.15) is 53.8 Å². The minimum absolute atomic E-state index is 0.0660. The minimum atomic E-state index is -0.374. The lowest BCUT2D eigenvalue weighted by atomic mass is 10.0. The number of carbonyl (C=O) groups excluding carboxylic acids is 2. The normalized spacial score (nSPS) is 14.3. The molecule has 4 rings (SSSR count). The number of nitrogens with one attached hydrogen (secondary N) is 2. The second kappa shape index (κ2) is 8.11. The molecule has 1 aliphatic carbocycles. The molecule has 3 aromatic rings. The number of aryl methyl sites for hydroxylation is 2. The second-order valence-electron chi connectivity index (χ2n) is 7.96. The Labute approximate surface area is 170 Å². The Bertz CT molecular complexity index is 1060. The van der Waals surface area contributed by atoms with Crippen molar-refractivity contribution < 1.29 is 14.0 Å². The zero-order chi connectivity index (χ0) is 20.4. The van der Waals surface area contributed by atoms with E-state index in [-0.39, 0.29) is 17.6 Å². The molecule has 0 unspecified atom stereocenters. The van der Waals surface area contributed by atoms with Gasteiger partial charge in [-0.3, -0.25) is 9.59 Å². The van der Waals surface area contributed by atoms with Crippen LogP contribution in [0.2, 0.25) is 0 Å². The van der Waals surface area contributed by atoms with Gasteiger partial charge in [0.1, 0.15) is 11.3 Å².